The predicted octanol–water partition coefficient (Wildman–Crippen LogP) is 1.97. The number of carbonyl (C=O) groups is 1. The fraction of sp³-hybridized carbons (Fsp3) is 0.533. The highest BCUT2D eigenvalue weighted by Crippen LogP contribution is 2.34. The van der Waals surface area contributed by atoms with Crippen molar-refractivity contribution in [1.29, 1.82) is 0 Å². The molecule has 1 aliphatic rings. The van der Waals surface area contributed by atoms with Crippen LogP contribution in [0.15, 0.2) is 23.1 Å². The molecule has 4 nitrogen and oxygen atoms in total. The van der Waals surface area contributed by atoms with Crippen LogP contribution in [0.4, 0.5) is 5.69 Å². The van der Waals surface area contributed by atoms with Crippen LogP contribution in [0.25, 0.3) is 0 Å². The summed E-state index contributed by atoms with van der Waals surface area (Å²) in [5.41, 5.74) is 8.25. The minimum Gasteiger partial charge on any atom is -0.359 e. The molecule has 1 aliphatic heterocycles. The van der Waals surface area contributed by atoms with Crippen molar-refractivity contribution in [2.45, 2.75) is 37.2 Å². The van der Waals surface area contributed by atoms with Crippen molar-refractivity contribution in [3.8, 4) is 0 Å². The molecule has 1 aromatic carbocycles. The second-order valence-electron chi connectivity index (χ2n) is 4.86. The molecular formula is C15H23N3OS. The van der Waals surface area contributed by atoms with Gasteiger partial charge in [0.15, 0.2) is 0 Å². The predicted molar refractivity (Wildman–Crippen MR) is 85.2 cm³/mol. The van der Waals surface area contributed by atoms with Crippen LogP contribution in [0.2, 0.25) is 0 Å². The van der Waals surface area contributed by atoms with Crippen molar-refractivity contribution in [3.63, 3.8) is 0 Å². The van der Waals surface area contributed by atoms with Crippen LogP contribution in [-0.2, 0) is 11.3 Å². The van der Waals surface area contributed by atoms with E-state index in [1.807, 2.05) is 11.8 Å². The number of rotatable bonds is 5. The number of nitrogens with two attached hydrogens (primary N) is 1. The lowest BCUT2D eigenvalue weighted by atomic mass is 10.1. The first-order valence-electron chi connectivity index (χ1n) is 7.15. The third-order valence-corrected chi connectivity index (χ3v) is 4.71. The fourth-order valence-corrected chi connectivity index (χ4v) is 3.66. The standard InChI is InChI=1S/C15H23N3OS/c1-3-20-14-8-4-6-12(11(14)10-16)18-9-5-7-13(18)15(19)17-2/h4,6,8,13H,3,5,7,9-10,16H2,1-2H3,(H,17,19). The number of amides is 1. The molecule has 5 heteroatoms. The summed E-state index contributed by atoms with van der Waals surface area (Å²) in [4.78, 5) is 15.5. The third-order valence-electron chi connectivity index (χ3n) is 3.72. The van der Waals surface area contributed by atoms with Crippen LogP contribution in [0.5, 0.6) is 0 Å². The number of benzene rings is 1. The largest absolute Gasteiger partial charge is 0.359 e. The highest BCUT2D eigenvalue weighted by Gasteiger charge is 2.31. The Hall–Kier alpha value is -1.20. The minimum atomic E-state index is -0.0628. The maximum absolute atomic E-state index is 12.0. The molecule has 0 bridgehead atoms. The van der Waals surface area contributed by atoms with Crippen molar-refractivity contribution < 1.29 is 4.79 Å². The van der Waals surface area contributed by atoms with Gasteiger partial charge in [-0.15, -0.1) is 11.8 Å². The van der Waals surface area contributed by atoms with Gasteiger partial charge in [0.2, 0.25) is 5.91 Å². The summed E-state index contributed by atoms with van der Waals surface area (Å²) in [6.07, 6.45) is 1.96. The lowest BCUT2D eigenvalue weighted by Crippen LogP contribution is -2.42. The van der Waals surface area contributed by atoms with E-state index < -0.39 is 0 Å². The minimum absolute atomic E-state index is 0.0628. The summed E-state index contributed by atoms with van der Waals surface area (Å²) in [7, 11) is 1.70. The van der Waals surface area contributed by atoms with Crippen LogP contribution < -0.4 is 16.0 Å². The average molecular weight is 293 g/mol. The fourth-order valence-electron chi connectivity index (χ4n) is 2.81. The monoisotopic (exact) mass is 293 g/mol. The molecule has 0 aliphatic carbocycles. The molecule has 0 radical (unpaired) electrons. The molecular weight excluding hydrogens is 270 g/mol. The molecule has 1 fully saturated rings. The van der Waals surface area contributed by atoms with Gasteiger partial charge in [-0.2, -0.15) is 0 Å². The van der Waals surface area contributed by atoms with Crippen LogP contribution in [-0.4, -0.2) is 31.3 Å². The first-order chi connectivity index (χ1) is 9.72. The first kappa shape index (κ1) is 15.2. The van der Waals surface area contributed by atoms with E-state index in [1.54, 1.807) is 7.05 Å². The van der Waals surface area contributed by atoms with Crippen LogP contribution >= 0.6 is 11.8 Å². The zero-order valence-electron chi connectivity index (χ0n) is 12.2. The number of thioether (sulfide) groups is 1. The quantitative estimate of drug-likeness (QED) is 0.815. The number of nitrogens with one attached hydrogen (secondary N) is 1. The molecule has 0 aromatic heterocycles. The maximum Gasteiger partial charge on any atom is 0.242 e. The Balaban J connectivity index is 2.36. The zero-order chi connectivity index (χ0) is 14.5. The van der Waals surface area contributed by atoms with Gasteiger partial charge < -0.3 is 16.0 Å². The van der Waals surface area contributed by atoms with Gasteiger partial charge >= 0.3 is 0 Å². The van der Waals surface area contributed by atoms with Gasteiger partial charge in [-0.3, -0.25) is 4.79 Å². The van der Waals surface area contributed by atoms with E-state index in [1.165, 1.54) is 4.90 Å². The van der Waals surface area contributed by atoms with Crippen molar-refractivity contribution >= 4 is 23.4 Å². The smallest absolute Gasteiger partial charge is 0.242 e. The van der Waals surface area contributed by atoms with E-state index in [4.69, 9.17) is 5.73 Å². The Morgan fingerprint density at radius 1 is 1.55 bits per heavy atom. The average Bonchev–Trinajstić information content (AvgIpc) is 2.95. The summed E-state index contributed by atoms with van der Waals surface area (Å²) in [5, 5.41) is 2.77. The van der Waals surface area contributed by atoms with E-state index in [9.17, 15) is 4.79 Å². The van der Waals surface area contributed by atoms with Gasteiger partial charge in [0.05, 0.1) is 0 Å². The number of nitrogens with zero attached hydrogens (tertiary/aromatic N) is 1. The highest BCUT2D eigenvalue weighted by atomic mass is 32.2. The van der Waals surface area contributed by atoms with E-state index in [2.05, 4.69) is 35.3 Å². The van der Waals surface area contributed by atoms with Gasteiger partial charge in [0.25, 0.3) is 0 Å². The summed E-state index contributed by atoms with van der Waals surface area (Å²) >= 11 is 1.81. The van der Waals surface area contributed by atoms with Crippen LogP contribution in [0, 0.1) is 0 Å². The van der Waals surface area contributed by atoms with Gasteiger partial charge in [-0.05, 0) is 30.7 Å². The van der Waals surface area contributed by atoms with E-state index in [0.29, 0.717) is 6.54 Å². The van der Waals surface area contributed by atoms with Crippen molar-refractivity contribution in [2.75, 3.05) is 24.2 Å². The molecule has 0 saturated carbocycles. The van der Waals surface area contributed by atoms with Gasteiger partial charge in [-0.25, -0.2) is 0 Å². The molecule has 0 spiro atoms. The van der Waals surface area contributed by atoms with E-state index in [-0.39, 0.29) is 11.9 Å². The highest BCUT2D eigenvalue weighted by molar-refractivity contribution is 7.99. The molecule has 1 atom stereocenters. The molecule has 1 saturated heterocycles. The Morgan fingerprint density at radius 3 is 3.00 bits per heavy atom. The molecule has 2 rings (SSSR count). The van der Waals surface area contributed by atoms with Crippen LogP contribution in [0.1, 0.15) is 25.3 Å². The normalized spacial score (nSPS) is 18.4. The van der Waals surface area contributed by atoms with Gasteiger partial charge in [0, 0.05) is 36.3 Å². The summed E-state index contributed by atoms with van der Waals surface area (Å²) in [6.45, 7) is 3.57. The molecule has 1 heterocycles. The molecule has 1 unspecified atom stereocenters. The summed E-state index contributed by atoms with van der Waals surface area (Å²) < 4.78 is 0. The zero-order valence-corrected chi connectivity index (χ0v) is 13.0. The number of anilines is 1. The Kier molecular flexibility index (Phi) is 5.31. The maximum atomic E-state index is 12.0. The number of hydrogen-bond acceptors (Lipinski definition) is 4. The lowest BCUT2D eigenvalue weighted by molar-refractivity contribution is -0.121. The molecule has 20 heavy (non-hydrogen) atoms. The SMILES string of the molecule is CCSc1cccc(N2CCCC2C(=O)NC)c1CN. The van der Waals surface area contributed by atoms with Crippen molar-refractivity contribution in [3.05, 3.63) is 23.8 Å². The van der Waals surface area contributed by atoms with E-state index in [0.717, 1.165) is 36.4 Å². The van der Waals surface area contributed by atoms with Crippen molar-refractivity contribution in [1.82, 2.24) is 5.32 Å². The van der Waals surface area contributed by atoms with Crippen LogP contribution in [0.3, 0.4) is 0 Å². The Bertz CT molecular complexity index is 478. The first-order valence-corrected chi connectivity index (χ1v) is 8.14. The second kappa shape index (κ2) is 6.99. The van der Waals surface area contributed by atoms with E-state index >= 15 is 0 Å². The third kappa shape index (κ3) is 2.94. The number of likely N-dealkylation sites (N-methyl/N-ethyl adjacent to an activating group) is 1. The summed E-state index contributed by atoms with van der Waals surface area (Å²) in [6, 6.07) is 6.20. The second-order valence-corrected chi connectivity index (χ2v) is 6.16. The molecule has 1 aromatic rings. The van der Waals surface area contributed by atoms with Crippen molar-refractivity contribution in [2.24, 2.45) is 5.73 Å². The topological polar surface area (TPSA) is 58.4 Å². The molecule has 3 N–H and O–H groups in total. The Morgan fingerprint density at radius 2 is 2.35 bits per heavy atom. The number of carbonyl (C=O) groups excluding carboxylic acids is 1. The Labute approximate surface area is 125 Å². The number of hydrogen-bond donors (Lipinski definition) is 2. The molecule has 110 valence electrons. The van der Waals surface area contributed by atoms with Gasteiger partial charge in [0.1, 0.15) is 6.04 Å². The van der Waals surface area contributed by atoms with Gasteiger partial charge in [-0.1, -0.05) is 13.0 Å². The summed E-state index contributed by atoms with van der Waals surface area (Å²) in [5.74, 6) is 1.12. The lowest BCUT2D eigenvalue weighted by Gasteiger charge is -2.28. The molecule has 1 amide bonds.